The molecule has 180 valence electrons. The Labute approximate surface area is 194 Å². The molecule has 0 saturated carbocycles. The van der Waals surface area contributed by atoms with Gasteiger partial charge in [-0.3, -0.25) is 4.79 Å². The third-order valence-electron chi connectivity index (χ3n) is 6.39. The Morgan fingerprint density at radius 2 is 1.62 bits per heavy atom. The number of nitrogens with zero attached hydrogens (tertiary/aromatic N) is 7. The summed E-state index contributed by atoms with van der Waals surface area (Å²) in [5, 5.41) is 13.8. The Morgan fingerprint density at radius 3 is 2.29 bits per heavy atom. The van der Waals surface area contributed by atoms with Crippen LogP contribution in [0.25, 0.3) is 5.65 Å². The average molecular weight is 474 g/mol. The predicted molar refractivity (Wildman–Crippen MR) is 120 cm³/mol. The summed E-state index contributed by atoms with van der Waals surface area (Å²) in [5.74, 6) is -0.0962. The molecule has 1 N–H and O–H groups in total. The molecule has 1 amide bonds. The van der Waals surface area contributed by atoms with Gasteiger partial charge in [0, 0.05) is 32.1 Å². The number of hydrogen-bond acceptors (Lipinski definition) is 7. The fourth-order valence-corrected chi connectivity index (χ4v) is 4.51. The first kappa shape index (κ1) is 22.4. The number of carbonyl (C=O) groups is 1. The highest BCUT2D eigenvalue weighted by Crippen LogP contribution is 2.29. The molecule has 2 saturated heterocycles. The molecule has 0 spiro atoms. The van der Waals surface area contributed by atoms with Gasteiger partial charge in [-0.1, -0.05) is 0 Å². The summed E-state index contributed by atoms with van der Waals surface area (Å²) in [4.78, 5) is 21.4. The van der Waals surface area contributed by atoms with Crippen molar-refractivity contribution in [3.63, 3.8) is 0 Å². The molecule has 12 heteroatoms. The first-order valence-corrected chi connectivity index (χ1v) is 11.4. The van der Waals surface area contributed by atoms with Crippen molar-refractivity contribution >= 4 is 28.9 Å². The number of carbonyl (C=O) groups excluding carboxylic acids is 1. The molecule has 34 heavy (non-hydrogen) atoms. The molecular formula is C22H25F3N8O. The minimum Gasteiger partial charge on any atom is -0.357 e. The van der Waals surface area contributed by atoms with E-state index in [1.807, 2.05) is 17.0 Å². The second-order valence-corrected chi connectivity index (χ2v) is 8.69. The monoisotopic (exact) mass is 474 g/mol. The van der Waals surface area contributed by atoms with Crippen molar-refractivity contribution in [2.75, 3.05) is 41.3 Å². The molecule has 0 atom stereocenters. The van der Waals surface area contributed by atoms with Gasteiger partial charge in [0.15, 0.2) is 5.65 Å². The minimum atomic E-state index is -4.64. The maximum absolute atomic E-state index is 13.1. The Bertz CT molecular complexity index is 1150. The second-order valence-electron chi connectivity index (χ2n) is 8.69. The smallest absolute Gasteiger partial charge is 0.357 e. The lowest BCUT2D eigenvalue weighted by atomic mass is 9.96. The largest absolute Gasteiger partial charge is 0.453 e. The number of hydrogen-bond donors (Lipinski definition) is 1. The molecule has 5 heterocycles. The van der Waals surface area contributed by atoms with Crippen LogP contribution in [0.3, 0.4) is 0 Å². The molecule has 0 aromatic carbocycles. The summed E-state index contributed by atoms with van der Waals surface area (Å²) < 4.78 is 40.1. The molecule has 9 nitrogen and oxygen atoms in total. The van der Waals surface area contributed by atoms with E-state index in [-0.39, 0.29) is 17.5 Å². The van der Waals surface area contributed by atoms with Crippen molar-refractivity contribution in [3.8, 4) is 0 Å². The molecule has 0 unspecified atom stereocenters. The first-order valence-electron chi connectivity index (χ1n) is 11.4. The van der Waals surface area contributed by atoms with E-state index in [1.165, 1.54) is 25.3 Å². The highest BCUT2D eigenvalue weighted by atomic mass is 19.4. The fraction of sp³-hybridized carbons (Fsp3) is 0.500. The summed E-state index contributed by atoms with van der Waals surface area (Å²) in [6.45, 7) is 3.03. The summed E-state index contributed by atoms with van der Waals surface area (Å²) in [5.41, 5.74) is 0.692. The lowest BCUT2D eigenvalue weighted by molar-refractivity contribution is -0.146. The van der Waals surface area contributed by atoms with Crippen LogP contribution in [-0.2, 0) is 11.0 Å². The number of rotatable bonds is 4. The van der Waals surface area contributed by atoms with E-state index >= 15 is 0 Å². The van der Waals surface area contributed by atoms with Gasteiger partial charge in [-0.25, -0.2) is 4.98 Å². The van der Waals surface area contributed by atoms with Crippen LogP contribution in [-0.4, -0.2) is 56.9 Å². The number of pyridine rings is 1. The van der Waals surface area contributed by atoms with Gasteiger partial charge in [-0.2, -0.15) is 17.7 Å². The Morgan fingerprint density at radius 1 is 0.912 bits per heavy atom. The van der Waals surface area contributed by atoms with Crippen LogP contribution in [0.1, 0.15) is 37.9 Å². The van der Waals surface area contributed by atoms with Crippen molar-refractivity contribution in [2.24, 2.45) is 5.92 Å². The molecule has 2 aliphatic rings. The fourth-order valence-electron chi connectivity index (χ4n) is 4.51. The Balaban J connectivity index is 1.18. The summed E-state index contributed by atoms with van der Waals surface area (Å²) in [6.07, 6.45) is 1.78. The van der Waals surface area contributed by atoms with Gasteiger partial charge < -0.3 is 15.1 Å². The topological polar surface area (TPSA) is 91.5 Å². The van der Waals surface area contributed by atoms with E-state index in [1.54, 1.807) is 12.3 Å². The number of anilines is 3. The lowest BCUT2D eigenvalue weighted by Gasteiger charge is -2.32. The number of amides is 1. The number of halogens is 3. The van der Waals surface area contributed by atoms with Gasteiger partial charge in [0.05, 0.1) is 11.9 Å². The van der Waals surface area contributed by atoms with Gasteiger partial charge in [-0.05, 0) is 56.4 Å². The van der Waals surface area contributed by atoms with Gasteiger partial charge in [-0.15, -0.1) is 15.3 Å². The maximum Gasteiger partial charge on any atom is 0.453 e. The minimum absolute atomic E-state index is 0.0326. The van der Waals surface area contributed by atoms with E-state index in [9.17, 15) is 18.0 Å². The third kappa shape index (κ3) is 4.62. The van der Waals surface area contributed by atoms with Crippen LogP contribution in [0.5, 0.6) is 0 Å². The quantitative estimate of drug-likeness (QED) is 0.620. The zero-order chi connectivity index (χ0) is 23.7. The SMILES string of the molecule is O=C(Nc1ccc(N2CCCCC2)nc1)C1CCN(c2ccc3nnc(C(F)(F)F)n3n2)CC1. The van der Waals surface area contributed by atoms with Gasteiger partial charge in [0.25, 0.3) is 5.82 Å². The normalized spacial score (nSPS) is 17.9. The first-order chi connectivity index (χ1) is 16.4. The molecule has 3 aromatic heterocycles. The van der Waals surface area contributed by atoms with E-state index in [0.717, 1.165) is 18.9 Å². The standard InChI is InChI=1S/C22H25F3N8O/c23-22(24,25)21-29-28-18-6-7-19(30-33(18)21)32-12-8-15(9-13-32)20(34)27-16-4-5-17(26-14-16)31-10-2-1-3-11-31/h4-7,14-15H,1-3,8-13H2,(H,27,34). The van der Waals surface area contributed by atoms with E-state index in [4.69, 9.17) is 0 Å². The van der Waals surface area contributed by atoms with Crippen molar-refractivity contribution in [1.29, 1.82) is 0 Å². The van der Waals surface area contributed by atoms with E-state index in [0.29, 0.717) is 42.0 Å². The van der Waals surface area contributed by atoms with Crippen molar-refractivity contribution < 1.29 is 18.0 Å². The Kier molecular flexibility index (Phi) is 5.96. The van der Waals surface area contributed by atoms with E-state index < -0.39 is 12.0 Å². The zero-order valence-corrected chi connectivity index (χ0v) is 18.5. The molecule has 0 aliphatic carbocycles. The lowest BCUT2D eigenvalue weighted by Crippen LogP contribution is -2.38. The van der Waals surface area contributed by atoms with Crippen LogP contribution in [0.2, 0.25) is 0 Å². The highest BCUT2D eigenvalue weighted by Gasteiger charge is 2.38. The van der Waals surface area contributed by atoms with Crippen LogP contribution >= 0.6 is 0 Å². The van der Waals surface area contributed by atoms with Crippen molar-refractivity contribution in [3.05, 3.63) is 36.3 Å². The molecule has 0 bridgehead atoms. The molecule has 3 aromatic rings. The van der Waals surface area contributed by atoms with Gasteiger partial charge in [0.2, 0.25) is 5.91 Å². The zero-order valence-electron chi connectivity index (χ0n) is 18.5. The molecule has 2 aliphatic heterocycles. The van der Waals surface area contributed by atoms with Gasteiger partial charge in [0.1, 0.15) is 11.6 Å². The van der Waals surface area contributed by atoms with E-state index in [2.05, 4.69) is 30.5 Å². The number of piperidine rings is 2. The number of fused-ring (bicyclic) bond motifs is 1. The molecule has 5 rings (SSSR count). The molecular weight excluding hydrogens is 449 g/mol. The second kappa shape index (κ2) is 9.07. The van der Waals surface area contributed by atoms with Crippen molar-refractivity contribution in [1.82, 2.24) is 24.8 Å². The van der Waals surface area contributed by atoms with Crippen molar-refractivity contribution in [2.45, 2.75) is 38.3 Å². The number of alkyl halides is 3. The molecule has 2 fully saturated rings. The maximum atomic E-state index is 13.1. The number of nitrogens with one attached hydrogen (secondary N) is 1. The predicted octanol–water partition coefficient (Wildman–Crippen LogP) is 3.38. The van der Waals surface area contributed by atoms with Crippen LogP contribution in [0, 0.1) is 5.92 Å². The van der Waals surface area contributed by atoms with Crippen LogP contribution in [0.15, 0.2) is 30.5 Å². The van der Waals surface area contributed by atoms with Gasteiger partial charge >= 0.3 is 6.18 Å². The summed E-state index contributed by atoms with van der Waals surface area (Å²) >= 11 is 0. The third-order valence-corrected chi connectivity index (χ3v) is 6.39. The Hall–Kier alpha value is -3.44. The number of aromatic nitrogens is 5. The van der Waals surface area contributed by atoms with Crippen LogP contribution < -0.4 is 15.1 Å². The summed E-state index contributed by atoms with van der Waals surface area (Å²) in [6, 6.07) is 6.90. The van der Waals surface area contributed by atoms with Crippen LogP contribution in [0.4, 0.5) is 30.5 Å². The highest BCUT2D eigenvalue weighted by molar-refractivity contribution is 5.92. The summed E-state index contributed by atoms with van der Waals surface area (Å²) in [7, 11) is 0. The molecule has 0 radical (unpaired) electrons. The average Bonchev–Trinajstić information content (AvgIpc) is 3.29.